The van der Waals surface area contributed by atoms with Crippen molar-refractivity contribution >= 4 is 37.3 Å². The second-order valence-electron chi connectivity index (χ2n) is 6.27. The van der Waals surface area contributed by atoms with Crippen LogP contribution >= 0.6 is 11.6 Å². The van der Waals surface area contributed by atoms with E-state index in [-0.39, 0.29) is 32.9 Å². The molecule has 1 saturated heterocycles. The molecule has 28 heavy (non-hydrogen) atoms. The number of hydrogen-bond acceptors (Lipinski definition) is 5. The van der Waals surface area contributed by atoms with Crippen molar-refractivity contribution < 1.29 is 21.6 Å². The second kappa shape index (κ2) is 8.28. The molecule has 0 atom stereocenters. The third-order valence-corrected chi connectivity index (χ3v) is 7.82. The molecule has 152 valence electrons. The summed E-state index contributed by atoms with van der Waals surface area (Å²) in [5.74, 6) is 0.195. The number of hydrogen-bond donors (Lipinski definition) is 1. The standard InChI is InChI=1S/C18H21ClN2O5S2/c1-2-26-17-9-8-15(13-18(17)28(24,25)21-10-3-4-11-21)20-27(22,23)16-7-5-6-14(19)12-16/h5-9,12-13,20H,2-4,10-11H2,1H3. The predicted molar refractivity (Wildman–Crippen MR) is 108 cm³/mol. The fraction of sp³-hybridized carbons (Fsp3) is 0.333. The summed E-state index contributed by atoms with van der Waals surface area (Å²) in [4.78, 5) is -0.0691. The van der Waals surface area contributed by atoms with Gasteiger partial charge in [-0.05, 0) is 56.2 Å². The van der Waals surface area contributed by atoms with Crippen molar-refractivity contribution in [2.24, 2.45) is 0 Å². The zero-order valence-electron chi connectivity index (χ0n) is 15.3. The summed E-state index contributed by atoms with van der Waals surface area (Å²) in [5.41, 5.74) is 0.126. The molecule has 0 radical (unpaired) electrons. The average Bonchev–Trinajstić information content (AvgIpc) is 3.18. The molecule has 0 spiro atoms. The quantitative estimate of drug-likeness (QED) is 0.707. The van der Waals surface area contributed by atoms with Gasteiger partial charge in [-0.1, -0.05) is 17.7 Å². The molecule has 1 aliphatic heterocycles. The van der Waals surface area contributed by atoms with E-state index in [0.29, 0.717) is 13.1 Å². The van der Waals surface area contributed by atoms with Gasteiger partial charge in [0.25, 0.3) is 10.0 Å². The number of anilines is 1. The van der Waals surface area contributed by atoms with Crippen molar-refractivity contribution in [3.8, 4) is 5.75 Å². The third-order valence-electron chi connectivity index (χ3n) is 4.29. The van der Waals surface area contributed by atoms with Crippen molar-refractivity contribution in [2.45, 2.75) is 29.6 Å². The first-order valence-electron chi connectivity index (χ1n) is 8.79. The first kappa shape index (κ1) is 20.9. The maximum absolute atomic E-state index is 13.0. The Labute approximate surface area is 170 Å². The van der Waals surface area contributed by atoms with Crippen molar-refractivity contribution in [1.29, 1.82) is 0 Å². The highest BCUT2D eigenvalue weighted by atomic mass is 35.5. The lowest BCUT2D eigenvalue weighted by molar-refractivity contribution is 0.330. The molecule has 0 aliphatic carbocycles. The summed E-state index contributed by atoms with van der Waals surface area (Å²) in [5, 5.41) is 0.284. The average molecular weight is 445 g/mol. The Morgan fingerprint density at radius 2 is 1.79 bits per heavy atom. The normalized spacial score (nSPS) is 15.5. The molecule has 1 N–H and O–H groups in total. The van der Waals surface area contributed by atoms with Gasteiger partial charge in [0, 0.05) is 18.1 Å². The summed E-state index contributed by atoms with van der Waals surface area (Å²) in [7, 11) is -7.71. The Morgan fingerprint density at radius 3 is 2.43 bits per heavy atom. The SMILES string of the molecule is CCOc1ccc(NS(=O)(=O)c2cccc(Cl)c2)cc1S(=O)(=O)N1CCCC1. The van der Waals surface area contributed by atoms with Gasteiger partial charge in [-0.2, -0.15) is 4.31 Å². The Morgan fingerprint density at radius 1 is 1.07 bits per heavy atom. The molecule has 3 rings (SSSR count). The van der Waals surface area contributed by atoms with Crippen LogP contribution in [-0.4, -0.2) is 40.8 Å². The Kier molecular flexibility index (Phi) is 6.18. The van der Waals surface area contributed by atoms with Crippen LogP contribution in [0.25, 0.3) is 0 Å². The molecule has 0 amide bonds. The minimum atomic E-state index is -3.93. The summed E-state index contributed by atoms with van der Waals surface area (Å²) in [6.07, 6.45) is 1.59. The largest absolute Gasteiger partial charge is 0.492 e. The minimum Gasteiger partial charge on any atom is -0.492 e. The van der Waals surface area contributed by atoms with Crippen LogP contribution in [0, 0.1) is 0 Å². The third kappa shape index (κ3) is 4.43. The summed E-state index contributed by atoms with van der Waals surface area (Å²) >= 11 is 5.87. The van der Waals surface area contributed by atoms with Gasteiger partial charge in [0.1, 0.15) is 10.6 Å². The smallest absolute Gasteiger partial charge is 0.261 e. The first-order valence-corrected chi connectivity index (χ1v) is 12.1. The molecule has 0 aromatic heterocycles. The van der Waals surface area contributed by atoms with E-state index in [2.05, 4.69) is 4.72 Å². The highest BCUT2D eigenvalue weighted by Crippen LogP contribution is 2.32. The van der Waals surface area contributed by atoms with E-state index in [1.165, 1.54) is 40.7 Å². The van der Waals surface area contributed by atoms with E-state index in [1.807, 2.05) is 0 Å². The molecule has 2 aromatic carbocycles. The van der Waals surface area contributed by atoms with Gasteiger partial charge >= 0.3 is 0 Å². The van der Waals surface area contributed by atoms with Gasteiger partial charge in [-0.3, -0.25) is 4.72 Å². The second-order valence-corrected chi connectivity index (χ2v) is 10.3. The summed E-state index contributed by atoms with van der Waals surface area (Å²) in [6.45, 7) is 2.91. The summed E-state index contributed by atoms with van der Waals surface area (Å²) < 4.78 is 60.5. The monoisotopic (exact) mass is 444 g/mol. The summed E-state index contributed by atoms with van der Waals surface area (Å²) in [6, 6.07) is 10.0. The number of nitrogens with one attached hydrogen (secondary N) is 1. The van der Waals surface area contributed by atoms with Crippen molar-refractivity contribution in [3.63, 3.8) is 0 Å². The highest BCUT2D eigenvalue weighted by Gasteiger charge is 2.30. The van der Waals surface area contributed by atoms with Gasteiger partial charge in [0.2, 0.25) is 10.0 Å². The maximum Gasteiger partial charge on any atom is 0.261 e. The number of halogens is 1. The van der Waals surface area contributed by atoms with Crippen LogP contribution in [-0.2, 0) is 20.0 Å². The van der Waals surface area contributed by atoms with Crippen LogP contribution in [0.2, 0.25) is 5.02 Å². The van der Waals surface area contributed by atoms with Crippen molar-refractivity contribution in [1.82, 2.24) is 4.31 Å². The number of sulfonamides is 2. The number of nitrogens with zero attached hydrogens (tertiary/aromatic N) is 1. The van der Waals surface area contributed by atoms with Crippen molar-refractivity contribution in [3.05, 3.63) is 47.5 Å². The van der Waals surface area contributed by atoms with E-state index in [4.69, 9.17) is 16.3 Å². The lowest BCUT2D eigenvalue weighted by atomic mass is 10.3. The van der Waals surface area contributed by atoms with Gasteiger partial charge in [-0.25, -0.2) is 16.8 Å². The van der Waals surface area contributed by atoms with Crippen LogP contribution in [0.1, 0.15) is 19.8 Å². The first-order chi connectivity index (χ1) is 13.2. The van der Waals surface area contributed by atoms with E-state index in [9.17, 15) is 16.8 Å². The van der Waals surface area contributed by atoms with E-state index in [1.54, 1.807) is 13.0 Å². The number of rotatable bonds is 7. The molecule has 7 nitrogen and oxygen atoms in total. The maximum atomic E-state index is 13.0. The van der Waals surface area contributed by atoms with E-state index < -0.39 is 20.0 Å². The van der Waals surface area contributed by atoms with Gasteiger partial charge in [-0.15, -0.1) is 0 Å². The Balaban J connectivity index is 1.99. The Hall–Kier alpha value is -1.81. The molecule has 0 bridgehead atoms. The fourth-order valence-electron chi connectivity index (χ4n) is 2.96. The zero-order chi connectivity index (χ0) is 20.4. The van der Waals surface area contributed by atoms with Crippen LogP contribution in [0.3, 0.4) is 0 Å². The lowest BCUT2D eigenvalue weighted by Gasteiger charge is -2.19. The molecule has 2 aromatic rings. The fourth-order valence-corrected chi connectivity index (χ4v) is 5.99. The molecule has 0 saturated carbocycles. The van der Waals surface area contributed by atoms with Crippen molar-refractivity contribution in [2.75, 3.05) is 24.4 Å². The molecule has 1 aliphatic rings. The Bertz CT molecular complexity index is 1070. The van der Waals surface area contributed by atoms with Gasteiger partial charge in [0.05, 0.1) is 17.2 Å². The van der Waals surface area contributed by atoms with Gasteiger partial charge < -0.3 is 4.74 Å². The molecule has 1 heterocycles. The molecular weight excluding hydrogens is 424 g/mol. The predicted octanol–water partition coefficient (Wildman–Crippen LogP) is 3.32. The van der Waals surface area contributed by atoms with Crippen LogP contribution in [0.15, 0.2) is 52.3 Å². The van der Waals surface area contributed by atoms with E-state index >= 15 is 0 Å². The lowest BCUT2D eigenvalue weighted by Crippen LogP contribution is -2.28. The topological polar surface area (TPSA) is 92.8 Å². The highest BCUT2D eigenvalue weighted by molar-refractivity contribution is 7.92. The van der Waals surface area contributed by atoms with Crippen LogP contribution in [0.5, 0.6) is 5.75 Å². The molecular formula is C18H21ClN2O5S2. The number of benzene rings is 2. The van der Waals surface area contributed by atoms with Gasteiger partial charge in [0.15, 0.2) is 0 Å². The molecule has 0 unspecified atom stereocenters. The molecule has 1 fully saturated rings. The van der Waals surface area contributed by atoms with Crippen LogP contribution in [0.4, 0.5) is 5.69 Å². The van der Waals surface area contributed by atoms with Crippen LogP contribution < -0.4 is 9.46 Å². The minimum absolute atomic E-state index is 0.0159. The van der Waals surface area contributed by atoms with E-state index in [0.717, 1.165) is 12.8 Å². The number of ether oxygens (including phenoxy) is 1. The zero-order valence-corrected chi connectivity index (χ0v) is 17.6. The molecule has 10 heteroatoms.